The summed E-state index contributed by atoms with van der Waals surface area (Å²) in [5.74, 6) is 0.582. The maximum Gasteiger partial charge on any atom is 0.240 e. The summed E-state index contributed by atoms with van der Waals surface area (Å²) in [6.07, 6.45) is 5.16. The van der Waals surface area contributed by atoms with Gasteiger partial charge in [-0.15, -0.1) is 0 Å². The van der Waals surface area contributed by atoms with E-state index in [0.29, 0.717) is 10.8 Å². The molecule has 2 rings (SSSR count). The third-order valence-electron chi connectivity index (χ3n) is 3.55. The van der Waals surface area contributed by atoms with E-state index in [0.717, 1.165) is 32.1 Å². The van der Waals surface area contributed by atoms with Crippen molar-refractivity contribution in [2.24, 2.45) is 5.92 Å². The third-order valence-corrected chi connectivity index (χ3v) is 5.09. The lowest BCUT2D eigenvalue weighted by molar-refractivity contribution is 0.552. The normalized spacial score (nSPS) is 17.2. The molecule has 19 heavy (non-hydrogen) atoms. The molecule has 3 nitrogen and oxygen atoms in total. The Bertz CT molecular complexity index is 499. The van der Waals surface area contributed by atoms with Crippen LogP contribution in [0.3, 0.4) is 0 Å². The van der Waals surface area contributed by atoms with Gasteiger partial charge in [0.05, 0.1) is 4.90 Å². The first kappa shape index (κ1) is 14.5. The molecule has 0 amide bonds. The van der Waals surface area contributed by atoms with E-state index >= 15 is 0 Å². The summed E-state index contributed by atoms with van der Waals surface area (Å²) < 4.78 is 27.2. The fraction of sp³-hybridized carbons (Fsp3) is 0.600. The number of sulfonamides is 1. The molecule has 0 saturated heterocycles. The number of nitrogens with one attached hydrogen (secondary N) is 1. The Kier molecular flexibility index (Phi) is 4.63. The van der Waals surface area contributed by atoms with Gasteiger partial charge >= 0.3 is 0 Å². The van der Waals surface area contributed by atoms with Crippen molar-refractivity contribution in [3.63, 3.8) is 0 Å². The minimum Gasteiger partial charge on any atom is -0.208 e. The molecule has 1 fully saturated rings. The highest BCUT2D eigenvalue weighted by Gasteiger charge is 2.22. The molecule has 1 aromatic carbocycles. The zero-order chi connectivity index (χ0) is 13.9. The van der Waals surface area contributed by atoms with Crippen molar-refractivity contribution < 1.29 is 8.42 Å². The van der Waals surface area contributed by atoms with Crippen LogP contribution in [0.1, 0.15) is 45.1 Å². The SMILES string of the molecule is CC(C)Cc1ccc(S(=O)(=O)NC2CCCC2)cc1. The van der Waals surface area contributed by atoms with Gasteiger partial charge in [-0.3, -0.25) is 0 Å². The van der Waals surface area contributed by atoms with E-state index in [1.807, 2.05) is 12.1 Å². The minimum absolute atomic E-state index is 0.125. The average Bonchev–Trinajstić information content (AvgIpc) is 2.81. The Morgan fingerprint density at radius 1 is 1.16 bits per heavy atom. The van der Waals surface area contributed by atoms with Gasteiger partial charge in [-0.1, -0.05) is 38.8 Å². The second-order valence-electron chi connectivity index (χ2n) is 5.84. The highest BCUT2D eigenvalue weighted by Crippen LogP contribution is 2.21. The zero-order valence-electron chi connectivity index (χ0n) is 11.7. The fourth-order valence-electron chi connectivity index (χ4n) is 2.61. The number of hydrogen-bond donors (Lipinski definition) is 1. The van der Waals surface area contributed by atoms with Gasteiger partial charge in [0, 0.05) is 6.04 Å². The van der Waals surface area contributed by atoms with Crippen molar-refractivity contribution >= 4 is 10.0 Å². The van der Waals surface area contributed by atoms with Crippen LogP contribution in [-0.4, -0.2) is 14.5 Å². The van der Waals surface area contributed by atoms with Crippen molar-refractivity contribution in [1.82, 2.24) is 4.72 Å². The summed E-state index contributed by atoms with van der Waals surface area (Å²) >= 11 is 0. The lowest BCUT2D eigenvalue weighted by atomic mass is 10.0. The van der Waals surface area contributed by atoms with E-state index in [4.69, 9.17) is 0 Å². The van der Waals surface area contributed by atoms with Crippen LogP contribution in [0.4, 0.5) is 0 Å². The number of benzene rings is 1. The molecule has 1 aliphatic rings. The predicted octanol–water partition coefficient (Wildman–Crippen LogP) is 3.11. The fourth-order valence-corrected chi connectivity index (χ4v) is 3.91. The minimum atomic E-state index is -3.34. The average molecular weight is 281 g/mol. The molecule has 0 radical (unpaired) electrons. The monoisotopic (exact) mass is 281 g/mol. The summed E-state index contributed by atoms with van der Waals surface area (Å²) in [4.78, 5) is 0.381. The molecule has 0 aromatic heterocycles. The van der Waals surface area contributed by atoms with Crippen LogP contribution in [0.25, 0.3) is 0 Å². The van der Waals surface area contributed by atoms with Crippen molar-refractivity contribution in [2.75, 3.05) is 0 Å². The predicted molar refractivity (Wildman–Crippen MR) is 77.6 cm³/mol. The van der Waals surface area contributed by atoms with Crippen molar-refractivity contribution in [2.45, 2.75) is 56.9 Å². The van der Waals surface area contributed by atoms with E-state index in [2.05, 4.69) is 18.6 Å². The maximum atomic E-state index is 12.2. The first-order valence-electron chi connectivity index (χ1n) is 7.08. The standard InChI is InChI=1S/C15H23NO2S/c1-12(2)11-13-7-9-15(10-8-13)19(17,18)16-14-5-3-4-6-14/h7-10,12,14,16H,3-6,11H2,1-2H3. The molecule has 0 atom stereocenters. The topological polar surface area (TPSA) is 46.2 Å². The van der Waals surface area contributed by atoms with Gasteiger partial charge in [0.25, 0.3) is 0 Å². The summed E-state index contributed by atoms with van der Waals surface area (Å²) in [5, 5.41) is 0. The second-order valence-corrected chi connectivity index (χ2v) is 7.56. The Hall–Kier alpha value is -0.870. The van der Waals surface area contributed by atoms with E-state index in [-0.39, 0.29) is 6.04 Å². The van der Waals surface area contributed by atoms with Crippen LogP contribution in [0.5, 0.6) is 0 Å². The van der Waals surface area contributed by atoms with Crippen molar-refractivity contribution in [1.29, 1.82) is 0 Å². The van der Waals surface area contributed by atoms with E-state index in [1.165, 1.54) is 5.56 Å². The summed E-state index contributed by atoms with van der Waals surface area (Å²) in [6, 6.07) is 7.40. The number of rotatable bonds is 5. The molecule has 0 heterocycles. The molecule has 0 spiro atoms. The Labute approximate surface area is 116 Å². The molecular weight excluding hydrogens is 258 g/mol. The van der Waals surface area contributed by atoms with Gasteiger partial charge in [-0.2, -0.15) is 0 Å². The quantitative estimate of drug-likeness (QED) is 0.901. The van der Waals surface area contributed by atoms with Crippen LogP contribution < -0.4 is 4.72 Å². The van der Waals surface area contributed by atoms with Crippen LogP contribution in [0, 0.1) is 5.92 Å². The summed E-state index contributed by atoms with van der Waals surface area (Å²) in [7, 11) is -3.34. The van der Waals surface area contributed by atoms with Gasteiger partial charge in [0.2, 0.25) is 10.0 Å². The molecule has 0 bridgehead atoms. The third kappa shape index (κ3) is 4.05. The van der Waals surface area contributed by atoms with Crippen LogP contribution in [0.15, 0.2) is 29.2 Å². The van der Waals surface area contributed by atoms with Gasteiger partial charge in [-0.05, 0) is 42.9 Å². The molecule has 0 aliphatic heterocycles. The molecule has 1 saturated carbocycles. The molecule has 4 heteroatoms. The second kappa shape index (κ2) is 6.06. The molecule has 1 N–H and O–H groups in total. The van der Waals surface area contributed by atoms with Gasteiger partial charge in [0.15, 0.2) is 0 Å². The van der Waals surface area contributed by atoms with Crippen LogP contribution in [0.2, 0.25) is 0 Å². The molecule has 1 aromatic rings. The first-order valence-corrected chi connectivity index (χ1v) is 8.57. The maximum absolute atomic E-state index is 12.2. The summed E-state index contributed by atoms with van der Waals surface area (Å²) in [6.45, 7) is 4.32. The van der Waals surface area contributed by atoms with Gasteiger partial charge in [-0.25, -0.2) is 13.1 Å². The lowest BCUT2D eigenvalue weighted by Gasteiger charge is -2.13. The highest BCUT2D eigenvalue weighted by atomic mass is 32.2. The lowest BCUT2D eigenvalue weighted by Crippen LogP contribution is -2.32. The molecule has 0 unspecified atom stereocenters. The van der Waals surface area contributed by atoms with Crippen molar-refractivity contribution in [3.8, 4) is 0 Å². The highest BCUT2D eigenvalue weighted by molar-refractivity contribution is 7.89. The van der Waals surface area contributed by atoms with E-state index in [9.17, 15) is 8.42 Å². The number of hydrogen-bond acceptors (Lipinski definition) is 2. The first-order chi connectivity index (χ1) is 8.97. The largest absolute Gasteiger partial charge is 0.240 e. The van der Waals surface area contributed by atoms with Gasteiger partial charge < -0.3 is 0 Å². The Balaban J connectivity index is 2.07. The molecule has 1 aliphatic carbocycles. The zero-order valence-corrected chi connectivity index (χ0v) is 12.5. The Morgan fingerprint density at radius 3 is 2.26 bits per heavy atom. The van der Waals surface area contributed by atoms with Gasteiger partial charge in [0.1, 0.15) is 0 Å². The smallest absolute Gasteiger partial charge is 0.208 e. The molecule has 106 valence electrons. The van der Waals surface area contributed by atoms with E-state index < -0.39 is 10.0 Å². The van der Waals surface area contributed by atoms with E-state index in [1.54, 1.807) is 12.1 Å². The van der Waals surface area contributed by atoms with Crippen LogP contribution >= 0.6 is 0 Å². The van der Waals surface area contributed by atoms with Crippen molar-refractivity contribution in [3.05, 3.63) is 29.8 Å². The van der Waals surface area contributed by atoms with Crippen LogP contribution in [-0.2, 0) is 16.4 Å². The summed E-state index contributed by atoms with van der Waals surface area (Å²) in [5.41, 5.74) is 1.19. The Morgan fingerprint density at radius 2 is 1.74 bits per heavy atom. The molecular formula is C15H23NO2S.